The van der Waals surface area contributed by atoms with Crippen molar-refractivity contribution in [3.8, 4) is 16.9 Å². The second-order valence-corrected chi connectivity index (χ2v) is 9.30. The standard InChI is InChI=1S/C24H21Cl2NO5S/c25-16-9-12-18(21(26)13-16)15-7-10-17(11-8-15)27(33(30)31)22-5-1-4-20-19(22)3-2-6-23(20)32-14-24(28)29/h2-3,6-13,22H,1,4-5,14H2,(H,28,29)(H,30,31)/p-1. The van der Waals surface area contributed by atoms with E-state index < -0.39 is 29.9 Å². The van der Waals surface area contributed by atoms with Gasteiger partial charge in [-0.25, -0.2) is 4.79 Å². The number of nitrogens with zero attached hydrogens (tertiary/aromatic N) is 1. The summed E-state index contributed by atoms with van der Waals surface area (Å²) in [7, 11) is 0. The molecule has 0 spiro atoms. The van der Waals surface area contributed by atoms with E-state index in [0.717, 1.165) is 28.7 Å². The number of carboxylic acids is 1. The molecule has 0 saturated heterocycles. The first kappa shape index (κ1) is 23.6. The molecule has 2 unspecified atom stereocenters. The average Bonchev–Trinajstić information content (AvgIpc) is 2.78. The highest BCUT2D eigenvalue weighted by Gasteiger charge is 2.29. The van der Waals surface area contributed by atoms with Gasteiger partial charge in [0.25, 0.3) is 0 Å². The minimum absolute atomic E-state index is 0.426. The van der Waals surface area contributed by atoms with Crippen LogP contribution in [0.3, 0.4) is 0 Å². The van der Waals surface area contributed by atoms with Crippen LogP contribution in [0.5, 0.6) is 5.75 Å². The van der Waals surface area contributed by atoms with E-state index in [9.17, 15) is 13.6 Å². The van der Waals surface area contributed by atoms with Crippen molar-refractivity contribution < 1.29 is 23.4 Å². The Kier molecular flexibility index (Phi) is 7.24. The maximum Gasteiger partial charge on any atom is 0.341 e. The van der Waals surface area contributed by atoms with Crippen molar-refractivity contribution in [3.63, 3.8) is 0 Å². The summed E-state index contributed by atoms with van der Waals surface area (Å²) in [5.41, 5.74) is 3.82. The fraction of sp³-hybridized carbons (Fsp3) is 0.208. The van der Waals surface area contributed by atoms with Crippen LogP contribution in [-0.2, 0) is 22.5 Å². The molecule has 33 heavy (non-hydrogen) atoms. The average molecular weight is 505 g/mol. The van der Waals surface area contributed by atoms with Crippen molar-refractivity contribution in [2.75, 3.05) is 10.9 Å². The van der Waals surface area contributed by atoms with E-state index in [4.69, 9.17) is 33.0 Å². The van der Waals surface area contributed by atoms with Crippen molar-refractivity contribution in [3.05, 3.63) is 81.8 Å². The molecular weight excluding hydrogens is 485 g/mol. The highest BCUT2D eigenvalue weighted by atomic mass is 35.5. The van der Waals surface area contributed by atoms with Crippen molar-refractivity contribution in [1.82, 2.24) is 0 Å². The summed E-state index contributed by atoms with van der Waals surface area (Å²) >= 11 is 9.76. The number of hydrogen-bond acceptors (Lipinski definition) is 4. The Bertz CT molecular complexity index is 1200. The molecule has 0 aromatic heterocycles. The summed E-state index contributed by atoms with van der Waals surface area (Å²) in [6.45, 7) is -0.451. The molecule has 172 valence electrons. The molecule has 9 heteroatoms. The predicted octanol–water partition coefficient (Wildman–Crippen LogP) is 5.80. The van der Waals surface area contributed by atoms with Crippen LogP contribution >= 0.6 is 23.2 Å². The molecular formula is C24H20Cl2NO5S-. The zero-order valence-electron chi connectivity index (χ0n) is 17.4. The topological polar surface area (TPSA) is 89.9 Å². The summed E-state index contributed by atoms with van der Waals surface area (Å²) in [5, 5.41) is 9.99. The summed E-state index contributed by atoms with van der Waals surface area (Å²) in [6, 6.07) is 17.3. The van der Waals surface area contributed by atoms with E-state index in [1.807, 2.05) is 24.3 Å². The first-order valence-electron chi connectivity index (χ1n) is 10.3. The van der Waals surface area contributed by atoms with E-state index in [-0.39, 0.29) is 0 Å². The molecule has 3 aromatic rings. The Labute approximate surface area is 204 Å². The second-order valence-electron chi connectivity index (χ2n) is 7.63. The van der Waals surface area contributed by atoms with Crippen molar-refractivity contribution in [2.24, 2.45) is 0 Å². The maximum absolute atomic E-state index is 12.3. The zero-order valence-corrected chi connectivity index (χ0v) is 19.7. The van der Waals surface area contributed by atoms with Crippen LogP contribution in [0.2, 0.25) is 10.0 Å². The lowest BCUT2D eigenvalue weighted by Gasteiger charge is -2.38. The third kappa shape index (κ3) is 5.17. The van der Waals surface area contributed by atoms with Crippen LogP contribution in [0.25, 0.3) is 11.1 Å². The van der Waals surface area contributed by atoms with Crippen LogP contribution in [0.15, 0.2) is 60.7 Å². The Morgan fingerprint density at radius 3 is 2.58 bits per heavy atom. The molecule has 4 rings (SSSR count). The molecule has 6 nitrogen and oxygen atoms in total. The predicted molar refractivity (Wildman–Crippen MR) is 129 cm³/mol. The lowest BCUT2D eigenvalue weighted by Crippen LogP contribution is -2.33. The fourth-order valence-electron chi connectivity index (χ4n) is 4.19. The molecule has 1 N–H and O–H groups in total. The molecule has 2 atom stereocenters. The number of fused-ring (bicyclic) bond motifs is 1. The highest BCUT2D eigenvalue weighted by Crippen LogP contribution is 2.41. The van der Waals surface area contributed by atoms with Crippen LogP contribution in [0, 0.1) is 0 Å². The van der Waals surface area contributed by atoms with E-state index in [2.05, 4.69) is 0 Å². The van der Waals surface area contributed by atoms with Crippen molar-refractivity contribution >= 4 is 46.1 Å². The van der Waals surface area contributed by atoms with Gasteiger partial charge in [0.15, 0.2) is 6.61 Å². The second kappa shape index (κ2) is 10.1. The number of anilines is 1. The van der Waals surface area contributed by atoms with Gasteiger partial charge in [-0.3, -0.25) is 8.51 Å². The molecule has 1 aliphatic carbocycles. The van der Waals surface area contributed by atoms with Crippen LogP contribution in [0.4, 0.5) is 5.69 Å². The number of carbonyl (C=O) groups is 1. The van der Waals surface area contributed by atoms with Gasteiger partial charge >= 0.3 is 5.97 Å². The Morgan fingerprint density at radius 1 is 1.15 bits per heavy atom. The van der Waals surface area contributed by atoms with Gasteiger partial charge in [-0.15, -0.1) is 0 Å². The molecule has 0 heterocycles. The van der Waals surface area contributed by atoms with Gasteiger partial charge in [0, 0.05) is 32.6 Å². The number of ether oxygens (including phenoxy) is 1. The van der Waals surface area contributed by atoms with Gasteiger partial charge in [0.05, 0.1) is 6.04 Å². The number of rotatable bonds is 7. The summed E-state index contributed by atoms with van der Waals surface area (Å²) < 4.78 is 31.5. The number of halogens is 2. The Morgan fingerprint density at radius 2 is 1.91 bits per heavy atom. The van der Waals surface area contributed by atoms with E-state index in [1.165, 1.54) is 4.31 Å². The SMILES string of the molecule is O=C(O)COc1cccc2c1CCCC2N(c1ccc(-c2ccc(Cl)cc2Cl)cc1)S(=O)[O-]. The van der Waals surface area contributed by atoms with Gasteiger partial charge in [-0.2, -0.15) is 0 Å². The highest BCUT2D eigenvalue weighted by molar-refractivity contribution is 7.80. The molecule has 0 aliphatic heterocycles. The van der Waals surface area contributed by atoms with Crippen LogP contribution < -0.4 is 9.04 Å². The minimum atomic E-state index is -2.53. The van der Waals surface area contributed by atoms with Crippen LogP contribution in [-0.4, -0.2) is 26.4 Å². The third-order valence-corrected chi connectivity index (χ3v) is 6.93. The maximum atomic E-state index is 12.3. The first-order chi connectivity index (χ1) is 15.8. The monoisotopic (exact) mass is 504 g/mol. The zero-order chi connectivity index (χ0) is 23.5. The van der Waals surface area contributed by atoms with E-state index >= 15 is 0 Å². The Balaban J connectivity index is 1.67. The lowest BCUT2D eigenvalue weighted by atomic mass is 9.87. The van der Waals surface area contributed by atoms with Crippen molar-refractivity contribution in [2.45, 2.75) is 25.3 Å². The summed E-state index contributed by atoms with van der Waals surface area (Å²) in [4.78, 5) is 10.9. The number of hydrogen-bond donors (Lipinski definition) is 1. The molecule has 0 fully saturated rings. The van der Waals surface area contributed by atoms with Crippen LogP contribution in [0.1, 0.15) is 30.0 Å². The number of aliphatic carboxylic acids is 1. The van der Waals surface area contributed by atoms with Gasteiger partial charge in [-0.05, 0) is 66.3 Å². The van der Waals surface area contributed by atoms with Gasteiger partial charge in [0.2, 0.25) is 0 Å². The number of benzene rings is 3. The minimum Gasteiger partial charge on any atom is -0.755 e. The molecule has 0 radical (unpaired) electrons. The van der Waals surface area contributed by atoms with Gasteiger partial charge in [0.1, 0.15) is 5.75 Å². The summed E-state index contributed by atoms with van der Waals surface area (Å²) in [5.74, 6) is -0.591. The van der Waals surface area contributed by atoms with Crippen molar-refractivity contribution in [1.29, 1.82) is 0 Å². The smallest absolute Gasteiger partial charge is 0.341 e. The first-order valence-corrected chi connectivity index (χ1v) is 12.0. The Hall–Kier alpha value is -2.58. The van der Waals surface area contributed by atoms with E-state index in [1.54, 1.807) is 36.4 Å². The quantitative estimate of drug-likeness (QED) is 0.410. The normalized spacial score (nSPS) is 16.0. The van der Waals surface area contributed by atoms with Gasteiger partial charge in [-0.1, -0.05) is 53.5 Å². The molecule has 0 saturated carbocycles. The summed E-state index contributed by atoms with van der Waals surface area (Å²) in [6.07, 6.45) is 2.07. The third-order valence-electron chi connectivity index (χ3n) is 5.59. The lowest BCUT2D eigenvalue weighted by molar-refractivity contribution is -0.139. The molecule has 1 aliphatic rings. The molecule has 3 aromatic carbocycles. The fourth-order valence-corrected chi connectivity index (χ4v) is 5.43. The van der Waals surface area contributed by atoms with E-state index in [0.29, 0.717) is 34.3 Å². The largest absolute Gasteiger partial charge is 0.755 e. The number of carboxylic acid groups (broad SMARTS) is 1. The molecule has 0 amide bonds. The molecule has 0 bridgehead atoms. The van der Waals surface area contributed by atoms with Gasteiger partial charge < -0.3 is 14.4 Å².